The zero-order valence-corrected chi connectivity index (χ0v) is 18.1. The number of Topliss-reactive ketones (excluding diaryl/α,β-unsaturated/α-hetero) is 1. The maximum absolute atomic E-state index is 12.6. The number of methoxy groups -OCH3 is 1. The molecule has 9 heteroatoms. The summed E-state index contributed by atoms with van der Waals surface area (Å²) in [5.74, 6) is -1.09. The van der Waals surface area contributed by atoms with Crippen molar-refractivity contribution < 1.29 is 24.0 Å². The van der Waals surface area contributed by atoms with Crippen LogP contribution in [0.3, 0.4) is 0 Å². The fourth-order valence-corrected chi connectivity index (χ4v) is 3.92. The number of hydrogen-bond acceptors (Lipinski definition) is 7. The van der Waals surface area contributed by atoms with Crippen molar-refractivity contribution in [3.8, 4) is 0 Å². The first-order chi connectivity index (χ1) is 14.8. The lowest BCUT2D eigenvalue weighted by Crippen LogP contribution is -2.19. The average Bonchev–Trinajstić information content (AvgIpc) is 3.38. The SMILES string of the molecule is COCCn1c(C)cc(C(=O)COC(=O)c2ccc(N3CCCC3)c([N+](=O)[O-])c2)c1C. The van der Waals surface area contributed by atoms with Gasteiger partial charge in [0.25, 0.3) is 5.69 Å². The number of hydrogen-bond donors (Lipinski definition) is 0. The summed E-state index contributed by atoms with van der Waals surface area (Å²) in [6, 6.07) is 6.06. The smallest absolute Gasteiger partial charge is 0.338 e. The lowest BCUT2D eigenvalue weighted by molar-refractivity contribution is -0.384. The van der Waals surface area contributed by atoms with Crippen molar-refractivity contribution in [2.24, 2.45) is 0 Å². The highest BCUT2D eigenvalue weighted by Crippen LogP contribution is 2.31. The van der Waals surface area contributed by atoms with Gasteiger partial charge in [-0.1, -0.05) is 0 Å². The fourth-order valence-electron chi connectivity index (χ4n) is 3.92. The van der Waals surface area contributed by atoms with Gasteiger partial charge in [-0.15, -0.1) is 0 Å². The molecule has 1 fully saturated rings. The summed E-state index contributed by atoms with van der Waals surface area (Å²) in [6.07, 6.45) is 1.96. The van der Waals surface area contributed by atoms with Gasteiger partial charge in [-0.05, 0) is 44.9 Å². The molecule has 0 aliphatic carbocycles. The van der Waals surface area contributed by atoms with E-state index < -0.39 is 17.5 Å². The monoisotopic (exact) mass is 429 g/mol. The second-order valence-corrected chi connectivity index (χ2v) is 7.58. The molecule has 0 N–H and O–H groups in total. The minimum atomic E-state index is -0.766. The molecule has 0 amide bonds. The normalized spacial score (nSPS) is 13.5. The maximum Gasteiger partial charge on any atom is 0.338 e. The Bertz CT molecular complexity index is 991. The number of ketones is 1. The molecule has 2 heterocycles. The molecule has 166 valence electrons. The largest absolute Gasteiger partial charge is 0.454 e. The lowest BCUT2D eigenvalue weighted by atomic mass is 10.1. The second-order valence-electron chi connectivity index (χ2n) is 7.58. The Morgan fingerprint density at radius 3 is 2.52 bits per heavy atom. The van der Waals surface area contributed by atoms with Gasteiger partial charge >= 0.3 is 5.97 Å². The molecule has 31 heavy (non-hydrogen) atoms. The first-order valence-electron chi connectivity index (χ1n) is 10.2. The Hall–Kier alpha value is -3.20. The van der Waals surface area contributed by atoms with Gasteiger partial charge in [0.05, 0.1) is 17.1 Å². The van der Waals surface area contributed by atoms with Crippen LogP contribution in [0.1, 0.15) is 44.9 Å². The molecule has 1 aromatic carbocycles. The lowest BCUT2D eigenvalue weighted by Gasteiger charge is -2.17. The van der Waals surface area contributed by atoms with E-state index in [0.29, 0.717) is 24.4 Å². The van der Waals surface area contributed by atoms with Crippen molar-refractivity contribution >= 4 is 23.1 Å². The van der Waals surface area contributed by atoms with E-state index in [2.05, 4.69) is 0 Å². The number of anilines is 1. The molecule has 3 rings (SSSR count). The van der Waals surface area contributed by atoms with Crippen LogP contribution >= 0.6 is 0 Å². The first kappa shape index (κ1) is 22.5. The van der Waals surface area contributed by atoms with Gasteiger partial charge in [-0.2, -0.15) is 0 Å². The number of benzene rings is 1. The third kappa shape index (κ3) is 4.93. The van der Waals surface area contributed by atoms with Crippen LogP contribution in [0.5, 0.6) is 0 Å². The molecular formula is C22H27N3O6. The Morgan fingerprint density at radius 1 is 1.16 bits per heavy atom. The molecular weight excluding hydrogens is 402 g/mol. The van der Waals surface area contributed by atoms with Gasteiger partial charge in [-0.25, -0.2) is 4.79 Å². The number of nitrogens with zero attached hydrogens (tertiary/aromatic N) is 3. The quantitative estimate of drug-likeness (QED) is 0.261. The minimum absolute atomic E-state index is 0.0491. The Balaban J connectivity index is 1.70. The van der Waals surface area contributed by atoms with Crippen LogP contribution in [-0.2, 0) is 16.0 Å². The molecule has 0 saturated carbocycles. The van der Waals surface area contributed by atoms with Gasteiger partial charge in [0, 0.05) is 49.8 Å². The number of ether oxygens (including phenoxy) is 2. The highest BCUT2D eigenvalue weighted by atomic mass is 16.6. The molecule has 1 aliphatic heterocycles. The van der Waals surface area contributed by atoms with Gasteiger partial charge in [0.15, 0.2) is 6.61 Å². The summed E-state index contributed by atoms with van der Waals surface area (Å²) in [6.45, 7) is 5.93. The molecule has 2 aromatic rings. The van der Waals surface area contributed by atoms with E-state index in [-0.39, 0.29) is 17.0 Å². The zero-order chi connectivity index (χ0) is 22.5. The summed E-state index contributed by atoms with van der Waals surface area (Å²) < 4.78 is 12.2. The van der Waals surface area contributed by atoms with E-state index in [1.165, 1.54) is 12.1 Å². The van der Waals surface area contributed by atoms with Crippen LogP contribution in [-0.4, -0.2) is 54.7 Å². The van der Waals surface area contributed by atoms with E-state index in [0.717, 1.165) is 37.3 Å². The van der Waals surface area contributed by atoms with Gasteiger partial charge in [0.2, 0.25) is 5.78 Å². The van der Waals surface area contributed by atoms with Gasteiger partial charge in [-0.3, -0.25) is 14.9 Å². The van der Waals surface area contributed by atoms with E-state index in [1.54, 1.807) is 19.2 Å². The molecule has 9 nitrogen and oxygen atoms in total. The highest BCUT2D eigenvalue weighted by Gasteiger charge is 2.25. The number of aromatic nitrogens is 1. The Kier molecular flexibility index (Phi) is 7.06. The predicted molar refractivity (Wildman–Crippen MR) is 115 cm³/mol. The van der Waals surface area contributed by atoms with Crippen LogP contribution in [0.2, 0.25) is 0 Å². The van der Waals surface area contributed by atoms with Crippen molar-refractivity contribution in [3.63, 3.8) is 0 Å². The van der Waals surface area contributed by atoms with E-state index in [9.17, 15) is 19.7 Å². The molecule has 1 aliphatic rings. The molecule has 0 spiro atoms. The highest BCUT2D eigenvalue weighted by molar-refractivity contribution is 6.00. The van der Waals surface area contributed by atoms with E-state index >= 15 is 0 Å². The second kappa shape index (κ2) is 9.74. The molecule has 0 unspecified atom stereocenters. The topological polar surface area (TPSA) is 104 Å². The molecule has 0 atom stereocenters. The van der Waals surface area contributed by atoms with Crippen LogP contribution in [0.15, 0.2) is 24.3 Å². The summed E-state index contributed by atoms with van der Waals surface area (Å²) in [7, 11) is 1.61. The average molecular weight is 429 g/mol. The summed E-state index contributed by atoms with van der Waals surface area (Å²) in [5, 5.41) is 11.5. The first-order valence-corrected chi connectivity index (χ1v) is 10.2. The summed E-state index contributed by atoms with van der Waals surface area (Å²) in [5.41, 5.74) is 2.59. The van der Waals surface area contributed by atoms with Crippen LogP contribution < -0.4 is 4.90 Å². The molecule has 0 radical (unpaired) electrons. The van der Waals surface area contributed by atoms with Crippen LogP contribution in [0.4, 0.5) is 11.4 Å². The standard InChI is InChI=1S/C22H27N3O6/c1-15-12-18(16(2)24(15)10-11-30-3)21(26)14-31-22(27)17-6-7-19(20(13-17)25(28)29)23-8-4-5-9-23/h6-7,12-13H,4-5,8-11,14H2,1-3H3. The zero-order valence-electron chi connectivity index (χ0n) is 18.1. The number of carbonyl (C=O) groups excluding carboxylic acids is 2. The van der Waals surface area contributed by atoms with E-state index in [4.69, 9.17) is 9.47 Å². The third-order valence-electron chi connectivity index (χ3n) is 5.58. The van der Waals surface area contributed by atoms with Crippen molar-refractivity contribution in [2.75, 3.05) is 38.3 Å². The van der Waals surface area contributed by atoms with E-state index in [1.807, 2.05) is 23.3 Å². The maximum atomic E-state index is 12.6. The predicted octanol–water partition coefficient (Wildman–Crippen LogP) is 3.30. The number of rotatable bonds is 9. The third-order valence-corrected chi connectivity index (χ3v) is 5.58. The summed E-state index contributed by atoms with van der Waals surface area (Å²) in [4.78, 5) is 38.0. The number of carbonyl (C=O) groups is 2. The molecule has 1 aromatic heterocycles. The molecule has 1 saturated heterocycles. The molecule has 0 bridgehead atoms. The Morgan fingerprint density at radius 2 is 1.87 bits per heavy atom. The summed E-state index contributed by atoms with van der Waals surface area (Å²) >= 11 is 0. The minimum Gasteiger partial charge on any atom is -0.454 e. The van der Waals surface area contributed by atoms with Gasteiger partial charge < -0.3 is 18.9 Å². The van der Waals surface area contributed by atoms with Crippen molar-refractivity contribution in [3.05, 3.63) is 56.9 Å². The van der Waals surface area contributed by atoms with Crippen molar-refractivity contribution in [1.82, 2.24) is 4.57 Å². The number of esters is 1. The number of nitro benzene ring substituents is 1. The number of nitro groups is 1. The fraction of sp³-hybridized carbons (Fsp3) is 0.455. The van der Waals surface area contributed by atoms with Crippen LogP contribution in [0, 0.1) is 24.0 Å². The van der Waals surface area contributed by atoms with Crippen LogP contribution in [0.25, 0.3) is 0 Å². The van der Waals surface area contributed by atoms with Crippen molar-refractivity contribution in [2.45, 2.75) is 33.2 Å². The Labute approximate surface area is 180 Å². The number of aryl methyl sites for hydroxylation is 1. The van der Waals surface area contributed by atoms with Gasteiger partial charge in [0.1, 0.15) is 5.69 Å². The van der Waals surface area contributed by atoms with Crippen molar-refractivity contribution in [1.29, 1.82) is 0 Å².